The van der Waals surface area contributed by atoms with Crippen molar-refractivity contribution in [1.82, 2.24) is 15.0 Å². The van der Waals surface area contributed by atoms with Crippen LogP contribution >= 0.6 is 0 Å². The zero-order valence-electron chi connectivity index (χ0n) is 13.8. The topological polar surface area (TPSA) is 76.8 Å². The molecule has 1 unspecified atom stereocenters. The van der Waals surface area contributed by atoms with Gasteiger partial charge in [-0.15, -0.1) is 0 Å². The molecule has 0 aliphatic rings. The fraction of sp³-hybridized carbons (Fsp3) is 0.100. The van der Waals surface area contributed by atoms with Gasteiger partial charge in [-0.3, -0.25) is 9.97 Å². The van der Waals surface area contributed by atoms with Crippen molar-refractivity contribution in [2.45, 2.75) is 6.04 Å². The molecule has 0 aliphatic carbocycles. The van der Waals surface area contributed by atoms with Gasteiger partial charge in [-0.1, -0.05) is 6.07 Å². The maximum absolute atomic E-state index is 6.47. The summed E-state index contributed by atoms with van der Waals surface area (Å²) < 4.78 is 5.52. The Morgan fingerprint density at radius 1 is 1.04 bits per heavy atom. The molecule has 0 saturated heterocycles. The smallest absolute Gasteiger partial charge is 0.124 e. The van der Waals surface area contributed by atoms with E-state index in [0.29, 0.717) is 0 Å². The molecular weight excluding hydrogens is 312 g/mol. The van der Waals surface area contributed by atoms with Crippen LogP contribution in [0, 0.1) is 0 Å². The van der Waals surface area contributed by atoms with E-state index >= 15 is 0 Å². The van der Waals surface area contributed by atoms with Crippen LogP contribution in [0.5, 0.6) is 5.75 Å². The van der Waals surface area contributed by atoms with Crippen LogP contribution in [0.4, 0.5) is 0 Å². The summed E-state index contributed by atoms with van der Waals surface area (Å²) >= 11 is 0. The Morgan fingerprint density at radius 3 is 2.68 bits per heavy atom. The number of aromatic amines is 1. The van der Waals surface area contributed by atoms with Crippen molar-refractivity contribution < 1.29 is 4.74 Å². The molecule has 25 heavy (non-hydrogen) atoms. The highest BCUT2D eigenvalue weighted by molar-refractivity contribution is 5.85. The van der Waals surface area contributed by atoms with Crippen LogP contribution in [0.2, 0.25) is 0 Å². The van der Waals surface area contributed by atoms with Crippen LogP contribution < -0.4 is 10.5 Å². The summed E-state index contributed by atoms with van der Waals surface area (Å²) in [6.45, 7) is 0. The number of hydrogen-bond acceptors (Lipinski definition) is 4. The molecule has 0 saturated carbocycles. The lowest BCUT2D eigenvalue weighted by atomic mass is 9.97. The van der Waals surface area contributed by atoms with Crippen molar-refractivity contribution >= 4 is 10.9 Å². The number of aromatic nitrogens is 3. The van der Waals surface area contributed by atoms with Crippen molar-refractivity contribution in [3.8, 4) is 17.0 Å². The van der Waals surface area contributed by atoms with E-state index in [0.717, 1.165) is 39.0 Å². The molecule has 0 aliphatic heterocycles. The predicted molar refractivity (Wildman–Crippen MR) is 98.3 cm³/mol. The number of nitrogens with two attached hydrogens (primary N) is 1. The van der Waals surface area contributed by atoms with Crippen LogP contribution in [-0.2, 0) is 0 Å². The number of nitrogens with zero attached hydrogens (tertiary/aromatic N) is 2. The van der Waals surface area contributed by atoms with Gasteiger partial charge in [0.2, 0.25) is 0 Å². The molecule has 4 rings (SSSR count). The second-order valence-corrected chi connectivity index (χ2v) is 5.87. The van der Waals surface area contributed by atoms with Gasteiger partial charge in [-0.25, -0.2) is 0 Å². The third-order valence-corrected chi connectivity index (χ3v) is 4.34. The van der Waals surface area contributed by atoms with Crippen LogP contribution in [0.3, 0.4) is 0 Å². The van der Waals surface area contributed by atoms with Gasteiger partial charge in [0.15, 0.2) is 0 Å². The lowest BCUT2D eigenvalue weighted by Gasteiger charge is -2.17. The second kappa shape index (κ2) is 6.37. The number of benzene rings is 1. The maximum atomic E-state index is 6.47. The lowest BCUT2D eigenvalue weighted by Crippen LogP contribution is -2.13. The summed E-state index contributed by atoms with van der Waals surface area (Å²) in [5.74, 6) is 0.762. The van der Waals surface area contributed by atoms with Crippen molar-refractivity contribution in [3.63, 3.8) is 0 Å². The molecular formula is C20H18N4O. The minimum absolute atomic E-state index is 0.311. The zero-order chi connectivity index (χ0) is 17.2. The number of methoxy groups -OCH3 is 1. The summed E-state index contributed by atoms with van der Waals surface area (Å²) in [7, 11) is 1.66. The van der Waals surface area contributed by atoms with Gasteiger partial charge in [-0.2, -0.15) is 0 Å². The van der Waals surface area contributed by atoms with Gasteiger partial charge < -0.3 is 15.5 Å². The maximum Gasteiger partial charge on any atom is 0.124 e. The second-order valence-electron chi connectivity index (χ2n) is 5.87. The summed E-state index contributed by atoms with van der Waals surface area (Å²) in [4.78, 5) is 11.7. The molecule has 0 fully saturated rings. The molecule has 1 aromatic carbocycles. The van der Waals surface area contributed by atoms with E-state index in [9.17, 15) is 0 Å². The first kappa shape index (κ1) is 15.4. The average molecular weight is 330 g/mol. The van der Waals surface area contributed by atoms with Crippen molar-refractivity contribution in [2.24, 2.45) is 5.73 Å². The molecule has 0 bridgehead atoms. The van der Waals surface area contributed by atoms with Crippen LogP contribution in [0.25, 0.3) is 22.2 Å². The SMILES string of the molecule is COc1ccc(-c2cc3cnccc3[nH]2)cc1C(N)c1cccnc1. The Kier molecular flexibility index (Phi) is 3.91. The molecule has 5 heteroatoms. The Balaban J connectivity index is 1.80. The monoisotopic (exact) mass is 330 g/mol. The van der Waals surface area contributed by atoms with E-state index in [1.807, 2.05) is 36.5 Å². The Morgan fingerprint density at radius 2 is 1.92 bits per heavy atom. The van der Waals surface area contributed by atoms with Crippen LogP contribution in [0.1, 0.15) is 17.2 Å². The predicted octanol–water partition coefficient (Wildman–Crippen LogP) is 3.68. The first-order valence-corrected chi connectivity index (χ1v) is 8.03. The summed E-state index contributed by atoms with van der Waals surface area (Å²) in [5, 5.41) is 1.08. The van der Waals surface area contributed by atoms with Gasteiger partial charge in [0, 0.05) is 46.9 Å². The van der Waals surface area contributed by atoms with E-state index in [1.165, 1.54) is 0 Å². The van der Waals surface area contributed by atoms with E-state index in [-0.39, 0.29) is 6.04 Å². The summed E-state index contributed by atoms with van der Waals surface area (Å²) in [5.41, 5.74) is 11.5. The number of fused-ring (bicyclic) bond motifs is 1. The minimum Gasteiger partial charge on any atom is -0.496 e. The molecule has 4 aromatic rings. The van der Waals surface area contributed by atoms with Gasteiger partial charge >= 0.3 is 0 Å². The van der Waals surface area contributed by atoms with E-state index in [4.69, 9.17) is 10.5 Å². The highest BCUT2D eigenvalue weighted by Gasteiger charge is 2.16. The molecule has 5 nitrogen and oxygen atoms in total. The Labute approximate surface area is 145 Å². The highest BCUT2D eigenvalue weighted by Crippen LogP contribution is 2.33. The molecule has 3 heterocycles. The largest absolute Gasteiger partial charge is 0.496 e. The number of rotatable bonds is 4. The zero-order valence-corrected chi connectivity index (χ0v) is 13.8. The van der Waals surface area contributed by atoms with Crippen molar-refractivity contribution in [1.29, 1.82) is 0 Å². The van der Waals surface area contributed by atoms with Crippen LogP contribution in [0.15, 0.2) is 67.3 Å². The van der Waals surface area contributed by atoms with Gasteiger partial charge in [0.1, 0.15) is 5.75 Å². The lowest BCUT2D eigenvalue weighted by molar-refractivity contribution is 0.408. The Bertz CT molecular complexity index is 978. The number of H-pyrrole nitrogens is 1. The average Bonchev–Trinajstić information content (AvgIpc) is 3.12. The number of nitrogens with one attached hydrogen (secondary N) is 1. The third-order valence-electron chi connectivity index (χ3n) is 4.34. The normalized spacial score (nSPS) is 12.2. The molecule has 0 radical (unpaired) electrons. The molecule has 1 atom stereocenters. The summed E-state index contributed by atoms with van der Waals surface area (Å²) in [6.07, 6.45) is 7.15. The van der Waals surface area contributed by atoms with Gasteiger partial charge in [-0.05, 0) is 47.5 Å². The molecule has 0 spiro atoms. The van der Waals surface area contributed by atoms with Gasteiger partial charge in [0.05, 0.1) is 13.2 Å². The molecule has 3 aromatic heterocycles. The fourth-order valence-corrected chi connectivity index (χ4v) is 3.01. The fourth-order valence-electron chi connectivity index (χ4n) is 3.01. The van der Waals surface area contributed by atoms with Crippen LogP contribution in [-0.4, -0.2) is 22.1 Å². The van der Waals surface area contributed by atoms with Gasteiger partial charge in [0.25, 0.3) is 0 Å². The molecule has 3 N–H and O–H groups in total. The molecule has 124 valence electrons. The standard InChI is InChI=1S/C20H18N4O/c1-25-19-5-4-13(18-10-15-12-23-8-6-17(15)24-18)9-16(19)20(21)14-3-2-7-22-11-14/h2-12,20,24H,21H2,1H3. The summed E-state index contributed by atoms with van der Waals surface area (Å²) in [6, 6.07) is 13.6. The quantitative estimate of drug-likeness (QED) is 0.598. The number of ether oxygens (including phenoxy) is 1. The first-order valence-electron chi connectivity index (χ1n) is 8.03. The van der Waals surface area contributed by atoms with Crippen molar-refractivity contribution in [3.05, 3.63) is 78.4 Å². The third kappa shape index (κ3) is 2.86. The van der Waals surface area contributed by atoms with Crippen molar-refractivity contribution in [2.75, 3.05) is 7.11 Å². The molecule has 0 amide bonds. The van der Waals surface area contributed by atoms with E-state index in [1.54, 1.807) is 25.7 Å². The number of pyridine rings is 2. The highest BCUT2D eigenvalue weighted by atomic mass is 16.5. The first-order chi connectivity index (χ1) is 12.3. The minimum atomic E-state index is -0.311. The Hall–Kier alpha value is -3.18. The van der Waals surface area contributed by atoms with E-state index in [2.05, 4.69) is 27.1 Å². The number of hydrogen-bond donors (Lipinski definition) is 2. The van der Waals surface area contributed by atoms with E-state index < -0.39 is 0 Å².